The minimum absolute atomic E-state index is 0.238. The summed E-state index contributed by atoms with van der Waals surface area (Å²) in [6.45, 7) is 0.415. The van der Waals surface area contributed by atoms with Crippen LogP contribution in [0.3, 0.4) is 0 Å². The Morgan fingerprint density at radius 1 is 1.00 bits per heavy atom. The number of carboxylic acid groups (broad SMARTS) is 1. The molecule has 6 nitrogen and oxygen atoms in total. The molecule has 0 aromatic heterocycles. The Hall–Kier alpha value is -1.89. The molecule has 1 saturated carbocycles. The van der Waals surface area contributed by atoms with E-state index >= 15 is 0 Å². The number of carboxylic acids is 1. The van der Waals surface area contributed by atoms with Gasteiger partial charge < -0.3 is 10.0 Å². The fourth-order valence-corrected chi connectivity index (χ4v) is 5.46. The molecule has 2 fully saturated rings. The molecule has 1 atom stereocenters. The summed E-state index contributed by atoms with van der Waals surface area (Å²) in [5.74, 6) is -1.36. The molecule has 1 amide bonds. The van der Waals surface area contributed by atoms with E-state index in [2.05, 4.69) is 0 Å². The number of hydrogen-bond donors (Lipinski definition) is 1. The first-order valence-electron chi connectivity index (χ1n) is 8.29. The molecule has 1 N–H and O–H groups in total. The Morgan fingerprint density at radius 2 is 1.62 bits per heavy atom. The third-order valence-electron chi connectivity index (χ3n) is 4.97. The molecular formula is C17H21NO5S. The molecule has 0 spiro atoms. The number of carbonyl (C=O) groups excluding carboxylic acids is 1. The van der Waals surface area contributed by atoms with Crippen LogP contribution in [0.1, 0.15) is 48.9 Å². The van der Waals surface area contributed by atoms with Crippen molar-refractivity contribution in [2.45, 2.75) is 54.7 Å². The van der Waals surface area contributed by atoms with Gasteiger partial charge in [0.05, 0.1) is 10.1 Å². The third-order valence-corrected chi connectivity index (χ3v) is 7.25. The van der Waals surface area contributed by atoms with E-state index in [1.807, 2.05) is 0 Å². The summed E-state index contributed by atoms with van der Waals surface area (Å²) in [7, 11) is -3.34. The summed E-state index contributed by atoms with van der Waals surface area (Å²) >= 11 is 0. The molecule has 24 heavy (non-hydrogen) atoms. The molecular weight excluding hydrogens is 330 g/mol. The van der Waals surface area contributed by atoms with Crippen molar-refractivity contribution in [2.24, 2.45) is 0 Å². The lowest BCUT2D eigenvalue weighted by molar-refractivity contribution is -0.141. The summed E-state index contributed by atoms with van der Waals surface area (Å²) in [5, 5.41) is 8.85. The van der Waals surface area contributed by atoms with E-state index in [1.165, 1.54) is 29.2 Å². The van der Waals surface area contributed by atoms with Gasteiger partial charge in [-0.25, -0.2) is 13.2 Å². The fraction of sp³-hybridized carbons (Fsp3) is 0.529. The van der Waals surface area contributed by atoms with Crippen molar-refractivity contribution in [3.63, 3.8) is 0 Å². The smallest absolute Gasteiger partial charge is 0.326 e. The van der Waals surface area contributed by atoms with Crippen LogP contribution >= 0.6 is 0 Å². The molecule has 3 rings (SSSR count). The number of nitrogens with zero attached hydrogens (tertiary/aromatic N) is 1. The molecule has 130 valence electrons. The monoisotopic (exact) mass is 351 g/mol. The third kappa shape index (κ3) is 3.05. The second-order valence-electron chi connectivity index (χ2n) is 6.47. The van der Waals surface area contributed by atoms with Crippen molar-refractivity contribution in [1.29, 1.82) is 0 Å². The van der Waals surface area contributed by atoms with Crippen LogP contribution in [0.5, 0.6) is 0 Å². The number of hydrogen-bond acceptors (Lipinski definition) is 4. The maximum Gasteiger partial charge on any atom is 0.326 e. The predicted molar refractivity (Wildman–Crippen MR) is 87.6 cm³/mol. The van der Waals surface area contributed by atoms with E-state index in [0.717, 1.165) is 12.8 Å². The minimum Gasteiger partial charge on any atom is -0.480 e. The Balaban J connectivity index is 1.79. The Labute approximate surface area is 141 Å². The summed E-state index contributed by atoms with van der Waals surface area (Å²) < 4.78 is 25.1. The zero-order chi connectivity index (χ0) is 17.3. The van der Waals surface area contributed by atoms with Crippen LogP contribution in [0, 0.1) is 0 Å². The SMILES string of the molecule is O=C(O)[C@@H]1CCCN1C(=O)c1ccc(S(=O)(=O)C2CCCC2)cc1. The van der Waals surface area contributed by atoms with Gasteiger partial charge in [0.2, 0.25) is 0 Å². The highest BCUT2D eigenvalue weighted by atomic mass is 32.2. The van der Waals surface area contributed by atoms with E-state index < -0.39 is 21.8 Å². The first kappa shape index (κ1) is 17.0. The van der Waals surface area contributed by atoms with Crippen molar-refractivity contribution >= 4 is 21.7 Å². The van der Waals surface area contributed by atoms with Gasteiger partial charge in [-0.1, -0.05) is 12.8 Å². The van der Waals surface area contributed by atoms with Crippen molar-refractivity contribution in [1.82, 2.24) is 4.90 Å². The van der Waals surface area contributed by atoms with Crippen LogP contribution in [-0.4, -0.2) is 48.1 Å². The molecule has 1 aliphatic heterocycles. The summed E-state index contributed by atoms with van der Waals surface area (Å²) in [4.78, 5) is 25.3. The van der Waals surface area contributed by atoms with Gasteiger partial charge in [-0.05, 0) is 49.9 Å². The van der Waals surface area contributed by atoms with Gasteiger partial charge in [0, 0.05) is 12.1 Å². The van der Waals surface area contributed by atoms with Crippen LogP contribution in [0.25, 0.3) is 0 Å². The average molecular weight is 351 g/mol. The summed E-state index contributed by atoms with van der Waals surface area (Å²) in [6.07, 6.45) is 4.37. The zero-order valence-corrected chi connectivity index (χ0v) is 14.2. The van der Waals surface area contributed by atoms with E-state index in [0.29, 0.717) is 37.8 Å². The van der Waals surface area contributed by atoms with Crippen LogP contribution in [0.15, 0.2) is 29.2 Å². The highest BCUT2D eigenvalue weighted by Crippen LogP contribution is 2.30. The number of rotatable bonds is 4. The number of sulfone groups is 1. The minimum atomic E-state index is -3.34. The molecule has 1 heterocycles. The van der Waals surface area contributed by atoms with E-state index in [1.54, 1.807) is 0 Å². The molecule has 0 bridgehead atoms. The normalized spacial score (nSPS) is 22.0. The van der Waals surface area contributed by atoms with Crippen LogP contribution in [-0.2, 0) is 14.6 Å². The number of likely N-dealkylation sites (tertiary alicyclic amines) is 1. The highest BCUT2D eigenvalue weighted by Gasteiger charge is 2.35. The summed E-state index contributed by atoms with van der Waals surface area (Å²) in [6, 6.07) is 5.11. The molecule has 2 aliphatic rings. The fourth-order valence-electron chi connectivity index (χ4n) is 3.61. The van der Waals surface area contributed by atoms with Gasteiger partial charge >= 0.3 is 5.97 Å². The molecule has 1 aromatic rings. The van der Waals surface area contributed by atoms with Crippen LogP contribution < -0.4 is 0 Å². The Morgan fingerprint density at radius 3 is 2.21 bits per heavy atom. The van der Waals surface area contributed by atoms with Crippen molar-refractivity contribution in [3.8, 4) is 0 Å². The summed E-state index contributed by atoms with van der Waals surface area (Å²) in [5.41, 5.74) is 0.327. The van der Waals surface area contributed by atoms with Gasteiger partial charge in [-0.3, -0.25) is 4.79 Å². The predicted octanol–water partition coefficient (Wildman–Crippen LogP) is 2.09. The lowest BCUT2D eigenvalue weighted by Gasteiger charge is -2.21. The topological polar surface area (TPSA) is 91.8 Å². The number of carbonyl (C=O) groups is 2. The molecule has 0 unspecified atom stereocenters. The van der Waals surface area contributed by atoms with Gasteiger partial charge in [-0.2, -0.15) is 0 Å². The van der Waals surface area contributed by atoms with E-state index in [4.69, 9.17) is 0 Å². The zero-order valence-electron chi connectivity index (χ0n) is 13.3. The number of amides is 1. The van der Waals surface area contributed by atoms with Crippen LogP contribution in [0.4, 0.5) is 0 Å². The molecule has 1 aliphatic carbocycles. The number of benzene rings is 1. The first-order chi connectivity index (χ1) is 11.4. The lowest BCUT2D eigenvalue weighted by Crippen LogP contribution is -2.40. The molecule has 1 aromatic carbocycles. The molecule has 0 radical (unpaired) electrons. The number of aliphatic carboxylic acids is 1. The van der Waals surface area contributed by atoms with E-state index in [-0.39, 0.29) is 16.1 Å². The standard InChI is InChI=1S/C17H21NO5S/c19-16(18-11-3-6-15(18)17(20)21)12-7-9-14(10-8-12)24(22,23)13-4-1-2-5-13/h7-10,13,15H,1-6,11H2,(H,20,21)/t15-/m0/s1. The Kier molecular flexibility index (Phi) is 4.62. The van der Waals surface area contributed by atoms with E-state index in [9.17, 15) is 23.1 Å². The maximum atomic E-state index is 12.5. The van der Waals surface area contributed by atoms with Crippen molar-refractivity contribution < 1.29 is 23.1 Å². The van der Waals surface area contributed by atoms with Crippen LogP contribution in [0.2, 0.25) is 0 Å². The van der Waals surface area contributed by atoms with Crippen molar-refractivity contribution in [2.75, 3.05) is 6.54 Å². The average Bonchev–Trinajstić information content (AvgIpc) is 3.25. The van der Waals surface area contributed by atoms with Crippen molar-refractivity contribution in [3.05, 3.63) is 29.8 Å². The largest absolute Gasteiger partial charge is 0.480 e. The van der Waals surface area contributed by atoms with Gasteiger partial charge in [0.15, 0.2) is 9.84 Å². The van der Waals surface area contributed by atoms with Gasteiger partial charge in [-0.15, -0.1) is 0 Å². The highest BCUT2D eigenvalue weighted by molar-refractivity contribution is 7.92. The maximum absolute atomic E-state index is 12.5. The lowest BCUT2D eigenvalue weighted by atomic mass is 10.1. The molecule has 7 heteroatoms. The quantitative estimate of drug-likeness (QED) is 0.897. The second kappa shape index (κ2) is 6.55. The Bertz CT molecular complexity index is 735. The second-order valence-corrected chi connectivity index (χ2v) is 8.70. The van der Waals surface area contributed by atoms with Gasteiger partial charge in [0.1, 0.15) is 6.04 Å². The molecule has 1 saturated heterocycles. The van der Waals surface area contributed by atoms with Gasteiger partial charge in [0.25, 0.3) is 5.91 Å². The first-order valence-corrected chi connectivity index (χ1v) is 9.83.